The van der Waals surface area contributed by atoms with Crippen molar-refractivity contribution >= 4 is 33.4 Å². The maximum Gasteiger partial charge on any atom is 0.238 e. The molecule has 0 aliphatic heterocycles. The molecule has 0 unspecified atom stereocenters. The number of anilines is 1. The van der Waals surface area contributed by atoms with E-state index < -0.39 is 10.0 Å². The van der Waals surface area contributed by atoms with Crippen molar-refractivity contribution in [3.8, 4) is 11.4 Å². The molecule has 0 saturated heterocycles. The second-order valence-corrected chi connectivity index (χ2v) is 11.4. The molecule has 0 aliphatic rings. The number of carbonyl (C=O) groups excluding carboxylic acids is 1. The topological polar surface area (TPSA) is 120 Å². The molecular weight excluding hydrogens is 470 g/mol. The van der Waals surface area contributed by atoms with E-state index >= 15 is 0 Å². The Labute approximate surface area is 204 Å². The lowest BCUT2D eigenvalue weighted by atomic mass is 9.87. The number of aryl methyl sites for hydroxylation is 1. The Morgan fingerprint density at radius 1 is 1.18 bits per heavy atom. The molecule has 0 bridgehead atoms. The lowest BCUT2D eigenvalue weighted by Crippen LogP contribution is -2.17. The van der Waals surface area contributed by atoms with E-state index in [2.05, 4.69) is 55.0 Å². The van der Waals surface area contributed by atoms with Crippen LogP contribution in [-0.2, 0) is 26.8 Å². The monoisotopic (exact) mass is 499 g/mol. The van der Waals surface area contributed by atoms with E-state index in [-0.39, 0.29) is 22.0 Å². The molecule has 3 rings (SSSR count). The Kier molecular flexibility index (Phi) is 7.64. The number of thioether (sulfide) groups is 1. The Morgan fingerprint density at radius 2 is 1.85 bits per heavy atom. The van der Waals surface area contributed by atoms with Gasteiger partial charge in [0.15, 0.2) is 11.0 Å². The minimum atomic E-state index is -3.88. The van der Waals surface area contributed by atoms with Crippen molar-refractivity contribution in [2.45, 2.75) is 49.7 Å². The summed E-state index contributed by atoms with van der Waals surface area (Å²) in [5, 5.41) is 17.1. The summed E-state index contributed by atoms with van der Waals surface area (Å²) < 4.78 is 25.4. The predicted molar refractivity (Wildman–Crippen MR) is 136 cm³/mol. The van der Waals surface area contributed by atoms with Gasteiger partial charge in [0.25, 0.3) is 0 Å². The smallest absolute Gasteiger partial charge is 0.238 e. The van der Waals surface area contributed by atoms with E-state index in [0.717, 1.165) is 5.56 Å². The van der Waals surface area contributed by atoms with Crippen LogP contribution in [0.1, 0.15) is 31.9 Å². The Hall–Kier alpha value is -2.95. The van der Waals surface area contributed by atoms with E-state index in [0.29, 0.717) is 28.8 Å². The van der Waals surface area contributed by atoms with Gasteiger partial charge in [-0.3, -0.25) is 9.36 Å². The summed E-state index contributed by atoms with van der Waals surface area (Å²) in [6, 6.07) is 12.8. The summed E-state index contributed by atoms with van der Waals surface area (Å²) >= 11 is 1.24. The van der Waals surface area contributed by atoms with Crippen molar-refractivity contribution in [3.05, 3.63) is 66.2 Å². The number of hydrogen-bond acceptors (Lipinski definition) is 6. The fourth-order valence-electron chi connectivity index (χ4n) is 3.33. The van der Waals surface area contributed by atoms with Crippen LogP contribution in [0.15, 0.2) is 65.2 Å². The van der Waals surface area contributed by atoms with Crippen molar-refractivity contribution in [2.75, 3.05) is 11.1 Å². The first-order chi connectivity index (χ1) is 15.9. The molecule has 180 valence electrons. The van der Waals surface area contributed by atoms with Gasteiger partial charge in [-0.2, -0.15) is 0 Å². The van der Waals surface area contributed by atoms with Gasteiger partial charge < -0.3 is 5.32 Å². The highest BCUT2D eigenvalue weighted by molar-refractivity contribution is 7.99. The number of benzene rings is 2. The van der Waals surface area contributed by atoms with Gasteiger partial charge in [-0.1, -0.05) is 68.9 Å². The number of nitrogens with zero attached hydrogens (tertiary/aromatic N) is 3. The Morgan fingerprint density at radius 3 is 2.44 bits per heavy atom. The molecule has 10 heteroatoms. The molecular formula is C24H29N5O3S2. The normalized spacial score (nSPS) is 11.9. The number of rotatable bonds is 8. The predicted octanol–water partition coefficient (Wildman–Crippen LogP) is 4.12. The highest BCUT2D eigenvalue weighted by Gasteiger charge is 2.18. The first kappa shape index (κ1) is 25.7. The molecule has 1 aromatic heterocycles. The third kappa shape index (κ3) is 6.13. The summed E-state index contributed by atoms with van der Waals surface area (Å²) in [4.78, 5) is 12.5. The zero-order valence-electron chi connectivity index (χ0n) is 19.7. The van der Waals surface area contributed by atoms with E-state index in [4.69, 9.17) is 5.14 Å². The zero-order chi connectivity index (χ0) is 25.1. The Balaban J connectivity index is 1.75. The highest BCUT2D eigenvalue weighted by atomic mass is 32.2. The summed E-state index contributed by atoms with van der Waals surface area (Å²) in [5.74, 6) is 0.453. The minimum Gasteiger partial charge on any atom is -0.325 e. The van der Waals surface area contributed by atoms with Gasteiger partial charge in [-0.15, -0.1) is 16.8 Å². The first-order valence-corrected chi connectivity index (χ1v) is 13.1. The van der Waals surface area contributed by atoms with Gasteiger partial charge in [0, 0.05) is 17.8 Å². The van der Waals surface area contributed by atoms with Gasteiger partial charge in [-0.25, -0.2) is 13.6 Å². The largest absolute Gasteiger partial charge is 0.325 e. The molecule has 1 heterocycles. The molecule has 8 nitrogen and oxygen atoms in total. The van der Waals surface area contributed by atoms with E-state index in [1.807, 2.05) is 16.7 Å². The van der Waals surface area contributed by atoms with E-state index in [9.17, 15) is 13.2 Å². The fraction of sp³-hybridized carbons (Fsp3) is 0.292. The van der Waals surface area contributed by atoms with Gasteiger partial charge in [-0.05, 0) is 35.6 Å². The van der Waals surface area contributed by atoms with Crippen LogP contribution in [0.3, 0.4) is 0 Å². The molecule has 0 aliphatic carbocycles. The number of nitrogens with one attached hydrogen (secondary N) is 1. The van der Waals surface area contributed by atoms with Crippen LogP contribution in [0.2, 0.25) is 0 Å². The van der Waals surface area contributed by atoms with E-state index in [1.165, 1.54) is 23.4 Å². The number of carbonyl (C=O) groups is 1. The van der Waals surface area contributed by atoms with Gasteiger partial charge in [0.05, 0.1) is 10.6 Å². The zero-order valence-corrected chi connectivity index (χ0v) is 21.3. The quantitative estimate of drug-likeness (QED) is 0.355. The minimum absolute atomic E-state index is 0.0224. The highest BCUT2D eigenvalue weighted by Crippen LogP contribution is 2.28. The van der Waals surface area contributed by atoms with Crippen molar-refractivity contribution in [1.82, 2.24) is 14.8 Å². The number of allylic oxidation sites excluding steroid dienone is 1. The van der Waals surface area contributed by atoms with Crippen LogP contribution < -0.4 is 10.5 Å². The summed E-state index contributed by atoms with van der Waals surface area (Å²) in [5.41, 5.74) is 3.06. The molecule has 0 saturated carbocycles. The number of aromatic nitrogens is 3. The van der Waals surface area contributed by atoms with Crippen molar-refractivity contribution in [1.29, 1.82) is 0 Å². The van der Waals surface area contributed by atoms with Crippen LogP contribution in [-0.4, -0.2) is 34.8 Å². The maximum atomic E-state index is 12.5. The number of primary sulfonamides is 1. The van der Waals surface area contributed by atoms with Gasteiger partial charge >= 0.3 is 0 Å². The SMILES string of the molecule is C=CCn1c(SCC(=O)Nc2ccc(C)c(S(N)(=O)=O)c2)nnc1-c1ccc(C(C)(C)C)cc1. The molecule has 0 radical (unpaired) electrons. The summed E-state index contributed by atoms with van der Waals surface area (Å²) in [7, 11) is -3.88. The standard InChI is InChI=1S/C24H29N5O3S2/c1-6-13-29-22(17-8-10-18(11-9-17)24(3,4)5)27-28-23(29)33-15-21(30)26-19-12-7-16(2)20(14-19)34(25,31)32/h6-12,14H,1,13,15H2,2-5H3,(H,26,30)(H2,25,31,32). The average Bonchev–Trinajstić information content (AvgIpc) is 3.15. The molecule has 2 aromatic carbocycles. The second-order valence-electron chi connectivity index (χ2n) is 8.89. The summed E-state index contributed by atoms with van der Waals surface area (Å²) in [6.07, 6.45) is 1.75. The van der Waals surface area contributed by atoms with Crippen LogP contribution in [0, 0.1) is 6.92 Å². The molecule has 1 amide bonds. The van der Waals surface area contributed by atoms with Gasteiger partial charge in [0.1, 0.15) is 0 Å². The molecule has 34 heavy (non-hydrogen) atoms. The molecule has 0 spiro atoms. The van der Waals surface area contributed by atoms with Crippen molar-refractivity contribution < 1.29 is 13.2 Å². The van der Waals surface area contributed by atoms with E-state index in [1.54, 1.807) is 25.1 Å². The van der Waals surface area contributed by atoms with Crippen LogP contribution in [0.25, 0.3) is 11.4 Å². The molecule has 0 atom stereocenters. The van der Waals surface area contributed by atoms with Gasteiger partial charge in [0.2, 0.25) is 15.9 Å². The lowest BCUT2D eigenvalue weighted by molar-refractivity contribution is -0.113. The van der Waals surface area contributed by atoms with Crippen LogP contribution in [0.5, 0.6) is 0 Å². The van der Waals surface area contributed by atoms with Crippen LogP contribution >= 0.6 is 11.8 Å². The number of sulfonamides is 1. The molecule has 0 fully saturated rings. The first-order valence-electron chi connectivity index (χ1n) is 10.6. The molecule has 3 N–H and O–H groups in total. The summed E-state index contributed by atoms with van der Waals surface area (Å²) in [6.45, 7) is 12.4. The number of nitrogens with two attached hydrogens (primary N) is 1. The Bertz CT molecular complexity index is 1310. The molecule has 3 aromatic rings. The third-order valence-corrected chi connectivity index (χ3v) is 7.17. The van der Waals surface area contributed by atoms with Crippen molar-refractivity contribution in [2.24, 2.45) is 5.14 Å². The fourth-order valence-corrected chi connectivity index (χ4v) is 4.89. The van der Waals surface area contributed by atoms with Crippen molar-refractivity contribution in [3.63, 3.8) is 0 Å². The lowest BCUT2D eigenvalue weighted by Gasteiger charge is -2.19. The third-order valence-electron chi connectivity index (χ3n) is 5.15. The second kappa shape index (κ2) is 10.1. The maximum absolute atomic E-state index is 12.5. The number of hydrogen-bond donors (Lipinski definition) is 2. The average molecular weight is 500 g/mol. The number of amides is 1. The van der Waals surface area contributed by atoms with Crippen LogP contribution in [0.4, 0.5) is 5.69 Å².